The Morgan fingerprint density at radius 3 is 2.63 bits per heavy atom. The Labute approximate surface area is 251 Å². The molecular formula is C27H41ClN6O5S2. The summed E-state index contributed by atoms with van der Waals surface area (Å²) in [7, 11) is -2.03. The van der Waals surface area contributed by atoms with Crippen LogP contribution in [0.2, 0.25) is 4.34 Å². The fraction of sp³-hybridized carbons (Fsp3) is 0.667. The Kier molecular flexibility index (Phi) is 10.7. The summed E-state index contributed by atoms with van der Waals surface area (Å²) in [5, 5.41) is 3.98. The zero-order valence-electron chi connectivity index (χ0n) is 23.9. The number of urea groups is 1. The van der Waals surface area contributed by atoms with Gasteiger partial charge in [-0.1, -0.05) is 11.6 Å². The van der Waals surface area contributed by atoms with Crippen LogP contribution in [0.25, 0.3) is 6.08 Å². The van der Waals surface area contributed by atoms with Gasteiger partial charge in [0.2, 0.25) is 21.8 Å². The fourth-order valence-corrected chi connectivity index (χ4v) is 7.80. The molecule has 11 nitrogen and oxygen atoms in total. The second-order valence-corrected chi connectivity index (χ2v) is 14.7. The highest BCUT2D eigenvalue weighted by atomic mass is 35.5. The first-order valence-corrected chi connectivity index (χ1v) is 17.0. The third kappa shape index (κ3) is 8.66. The molecule has 3 aliphatic rings. The van der Waals surface area contributed by atoms with E-state index in [0.717, 1.165) is 44.3 Å². The highest BCUT2D eigenvalue weighted by Gasteiger charge is 2.37. The van der Waals surface area contributed by atoms with Crippen LogP contribution in [0.3, 0.4) is 0 Å². The van der Waals surface area contributed by atoms with Crippen molar-refractivity contribution in [3.8, 4) is 0 Å². The maximum atomic E-state index is 13.4. The molecule has 228 valence electrons. The standard InChI is InChI=1S/C27H41ClN6O5S2/c1-19(2)29-27(37)31(3)20-10-14-32(16-20)17-21-6-4-13-34(21)25(35)18-33-12-5-7-23(26(33)36)30-41(38,39)15-11-22-8-9-24(28)40-22/h8-9,11,15,19-21,23,30H,4-7,10,12-14,16-18H2,1-3H3,(H,29,37)/b15-11+. The first-order chi connectivity index (χ1) is 19.4. The van der Waals surface area contributed by atoms with Crippen molar-refractivity contribution in [1.29, 1.82) is 0 Å². The first-order valence-electron chi connectivity index (χ1n) is 14.2. The molecule has 41 heavy (non-hydrogen) atoms. The summed E-state index contributed by atoms with van der Waals surface area (Å²) >= 11 is 7.16. The van der Waals surface area contributed by atoms with E-state index in [4.69, 9.17) is 11.6 Å². The number of nitrogens with one attached hydrogen (secondary N) is 2. The average Bonchev–Trinajstić information content (AvgIpc) is 3.66. The summed E-state index contributed by atoms with van der Waals surface area (Å²) in [6, 6.07) is 2.70. The van der Waals surface area contributed by atoms with E-state index < -0.39 is 16.1 Å². The molecular weight excluding hydrogens is 588 g/mol. The average molecular weight is 629 g/mol. The Balaban J connectivity index is 1.28. The Bertz CT molecular complexity index is 1240. The van der Waals surface area contributed by atoms with Crippen LogP contribution in [-0.2, 0) is 19.6 Å². The quantitative estimate of drug-likeness (QED) is 0.410. The van der Waals surface area contributed by atoms with Gasteiger partial charge in [-0.05, 0) is 64.2 Å². The molecule has 4 rings (SSSR count). The topological polar surface area (TPSA) is 122 Å². The summed E-state index contributed by atoms with van der Waals surface area (Å²) in [4.78, 5) is 47.0. The number of carbonyl (C=O) groups is 3. The number of sulfonamides is 1. The summed E-state index contributed by atoms with van der Waals surface area (Å²) in [6.07, 6.45) is 5.12. The van der Waals surface area contributed by atoms with Gasteiger partial charge in [0.15, 0.2) is 0 Å². The van der Waals surface area contributed by atoms with Crippen LogP contribution in [0, 0.1) is 0 Å². The number of likely N-dealkylation sites (tertiary alicyclic amines) is 3. The number of halogens is 1. The minimum atomic E-state index is -3.86. The highest BCUT2D eigenvalue weighted by Crippen LogP contribution is 2.24. The lowest BCUT2D eigenvalue weighted by Gasteiger charge is -2.34. The summed E-state index contributed by atoms with van der Waals surface area (Å²) < 4.78 is 28.3. The molecule has 3 atom stereocenters. The van der Waals surface area contributed by atoms with Gasteiger partial charge in [0.1, 0.15) is 6.04 Å². The second kappa shape index (κ2) is 13.9. The molecule has 1 aromatic rings. The van der Waals surface area contributed by atoms with Gasteiger partial charge in [0.25, 0.3) is 0 Å². The van der Waals surface area contributed by atoms with E-state index in [1.165, 1.54) is 22.3 Å². The molecule has 0 radical (unpaired) electrons. The predicted octanol–water partition coefficient (Wildman–Crippen LogP) is 2.40. The number of hydrogen-bond acceptors (Lipinski definition) is 7. The number of amides is 4. The van der Waals surface area contributed by atoms with E-state index in [0.29, 0.717) is 35.1 Å². The van der Waals surface area contributed by atoms with Crippen LogP contribution in [-0.4, -0.2) is 116 Å². The molecule has 0 bridgehead atoms. The molecule has 0 saturated carbocycles. The van der Waals surface area contributed by atoms with Crippen molar-refractivity contribution in [2.24, 2.45) is 0 Å². The van der Waals surface area contributed by atoms with Crippen molar-refractivity contribution >= 4 is 56.9 Å². The van der Waals surface area contributed by atoms with Crippen molar-refractivity contribution in [1.82, 2.24) is 29.6 Å². The van der Waals surface area contributed by atoms with Crippen LogP contribution in [0.1, 0.15) is 50.8 Å². The number of piperidine rings is 1. The number of rotatable bonds is 10. The van der Waals surface area contributed by atoms with Gasteiger partial charge in [-0.25, -0.2) is 13.2 Å². The first kappa shape index (κ1) is 31.7. The lowest BCUT2D eigenvalue weighted by molar-refractivity contribution is -0.143. The molecule has 4 amide bonds. The Hall–Kier alpha value is -2.19. The molecule has 3 saturated heterocycles. The molecule has 4 heterocycles. The van der Waals surface area contributed by atoms with Crippen molar-refractivity contribution in [3.05, 3.63) is 26.8 Å². The number of carbonyl (C=O) groups excluding carboxylic acids is 3. The zero-order valence-corrected chi connectivity index (χ0v) is 26.3. The maximum absolute atomic E-state index is 13.4. The van der Waals surface area contributed by atoms with Crippen molar-refractivity contribution < 1.29 is 22.8 Å². The van der Waals surface area contributed by atoms with Gasteiger partial charge in [-0.15, -0.1) is 11.3 Å². The smallest absolute Gasteiger partial charge is 0.317 e. The molecule has 0 aliphatic carbocycles. The van der Waals surface area contributed by atoms with Crippen LogP contribution in [0.5, 0.6) is 0 Å². The lowest BCUT2D eigenvalue weighted by atomic mass is 10.1. The van der Waals surface area contributed by atoms with Crippen LogP contribution < -0.4 is 10.0 Å². The molecule has 1 aromatic heterocycles. The largest absolute Gasteiger partial charge is 0.337 e. The van der Waals surface area contributed by atoms with Crippen molar-refractivity contribution in [2.45, 2.75) is 70.1 Å². The molecule has 0 spiro atoms. The van der Waals surface area contributed by atoms with E-state index in [-0.39, 0.29) is 42.5 Å². The number of likely N-dealkylation sites (N-methyl/N-ethyl adjacent to an activating group) is 1. The van der Waals surface area contributed by atoms with Crippen molar-refractivity contribution in [3.63, 3.8) is 0 Å². The van der Waals surface area contributed by atoms with Gasteiger partial charge in [-0.2, -0.15) is 4.72 Å². The molecule has 3 fully saturated rings. The number of nitrogens with zero attached hydrogens (tertiary/aromatic N) is 4. The Morgan fingerprint density at radius 2 is 1.93 bits per heavy atom. The molecule has 2 N–H and O–H groups in total. The van der Waals surface area contributed by atoms with E-state index >= 15 is 0 Å². The highest BCUT2D eigenvalue weighted by molar-refractivity contribution is 7.92. The SMILES string of the molecule is CC(C)NC(=O)N(C)C1CCN(CC2CCCN2C(=O)CN2CCCC(NS(=O)(=O)/C=C/c3ccc(Cl)s3)C2=O)C1. The van der Waals surface area contributed by atoms with E-state index in [1.807, 2.05) is 25.8 Å². The summed E-state index contributed by atoms with van der Waals surface area (Å²) in [6.45, 7) is 7.25. The van der Waals surface area contributed by atoms with E-state index in [9.17, 15) is 22.8 Å². The fourth-order valence-electron chi connectivity index (χ4n) is 5.73. The molecule has 14 heteroatoms. The summed E-state index contributed by atoms with van der Waals surface area (Å²) in [5.41, 5.74) is 0. The third-order valence-corrected chi connectivity index (χ3v) is 10.2. The number of thiophene rings is 1. The number of hydrogen-bond donors (Lipinski definition) is 2. The Morgan fingerprint density at radius 1 is 1.17 bits per heavy atom. The van der Waals surface area contributed by atoms with Gasteiger partial charge in [0.05, 0.1) is 10.9 Å². The monoisotopic (exact) mass is 628 g/mol. The maximum Gasteiger partial charge on any atom is 0.317 e. The van der Waals surface area contributed by atoms with Gasteiger partial charge in [0, 0.05) is 68.2 Å². The second-order valence-electron chi connectivity index (χ2n) is 11.4. The van der Waals surface area contributed by atoms with E-state index in [1.54, 1.807) is 17.0 Å². The molecule has 3 aliphatic heterocycles. The zero-order chi connectivity index (χ0) is 29.7. The van der Waals surface area contributed by atoms with Gasteiger partial charge >= 0.3 is 6.03 Å². The minimum Gasteiger partial charge on any atom is -0.337 e. The van der Waals surface area contributed by atoms with Crippen LogP contribution >= 0.6 is 22.9 Å². The van der Waals surface area contributed by atoms with Gasteiger partial charge in [-0.3, -0.25) is 14.5 Å². The van der Waals surface area contributed by atoms with Crippen LogP contribution in [0.15, 0.2) is 17.5 Å². The van der Waals surface area contributed by atoms with Crippen molar-refractivity contribution in [2.75, 3.05) is 46.3 Å². The lowest BCUT2D eigenvalue weighted by Crippen LogP contribution is -2.55. The van der Waals surface area contributed by atoms with E-state index in [2.05, 4.69) is 14.9 Å². The van der Waals surface area contributed by atoms with Gasteiger partial charge < -0.3 is 20.0 Å². The minimum absolute atomic E-state index is 0.0566. The molecule has 0 aromatic carbocycles. The molecule has 3 unspecified atom stereocenters. The normalized spacial score (nSPS) is 24.1. The summed E-state index contributed by atoms with van der Waals surface area (Å²) in [5.74, 6) is -0.482. The van der Waals surface area contributed by atoms with Crippen LogP contribution in [0.4, 0.5) is 4.79 Å². The predicted molar refractivity (Wildman–Crippen MR) is 161 cm³/mol. The third-order valence-electron chi connectivity index (χ3n) is 7.86.